The molecule has 3 N–H and O–H groups in total. The number of carbonyl (C=O) groups is 1. The van der Waals surface area contributed by atoms with Crippen molar-refractivity contribution in [1.82, 2.24) is 0 Å². The molecule has 0 fully saturated rings. The first-order valence-electron chi connectivity index (χ1n) is 3.41. The smallest absolute Gasteiger partial charge is 0.337 e. The molecule has 0 bridgehead atoms. The van der Waals surface area contributed by atoms with Crippen LogP contribution in [0.15, 0.2) is 22.7 Å². The third kappa shape index (κ3) is 2.43. The Labute approximate surface area is 82.6 Å². The van der Waals surface area contributed by atoms with E-state index < -0.39 is 12.1 Å². The molecule has 70 valence electrons. The Morgan fingerprint density at radius 1 is 1.38 bits per heavy atom. The average molecular weight is 247 g/mol. The Kier molecular flexibility index (Phi) is 2.90. The van der Waals surface area contributed by atoms with Crippen LogP contribution in [0, 0.1) is 0 Å². The van der Waals surface area contributed by atoms with Gasteiger partial charge >= 0.3 is 5.97 Å². The highest BCUT2D eigenvalue weighted by Gasteiger charge is 2.16. The van der Waals surface area contributed by atoms with Crippen molar-refractivity contribution in [2.45, 2.75) is 6.10 Å². The van der Waals surface area contributed by atoms with E-state index in [2.05, 4.69) is 15.9 Å². The van der Waals surface area contributed by atoms with Crippen molar-refractivity contribution >= 4 is 21.9 Å². The lowest BCUT2D eigenvalue weighted by Gasteiger charge is -2.06. The zero-order chi connectivity index (χ0) is 10.0. The van der Waals surface area contributed by atoms with E-state index in [0.29, 0.717) is 4.47 Å². The van der Waals surface area contributed by atoms with Gasteiger partial charge in [0.15, 0.2) is 6.10 Å². The van der Waals surface area contributed by atoms with Crippen LogP contribution < -0.4 is 0 Å². The molecule has 0 aliphatic heterocycles. The van der Waals surface area contributed by atoms with E-state index >= 15 is 0 Å². The molecule has 1 unspecified atom stereocenters. The van der Waals surface area contributed by atoms with Gasteiger partial charge in [0.25, 0.3) is 0 Å². The second-order valence-corrected chi connectivity index (χ2v) is 3.40. The lowest BCUT2D eigenvalue weighted by molar-refractivity contribution is -0.146. The fourth-order valence-corrected chi connectivity index (χ4v) is 1.40. The molecule has 0 aromatic heterocycles. The van der Waals surface area contributed by atoms with Crippen molar-refractivity contribution in [3.8, 4) is 5.75 Å². The van der Waals surface area contributed by atoms with Crippen LogP contribution in [-0.2, 0) is 4.79 Å². The second-order valence-electron chi connectivity index (χ2n) is 2.48. The molecule has 0 radical (unpaired) electrons. The number of benzene rings is 1. The van der Waals surface area contributed by atoms with E-state index in [0.717, 1.165) is 0 Å². The van der Waals surface area contributed by atoms with Crippen molar-refractivity contribution in [1.29, 1.82) is 0 Å². The fourth-order valence-electron chi connectivity index (χ4n) is 0.897. The number of phenols is 1. The highest BCUT2D eigenvalue weighted by Crippen LogP contribution is 2.24. The Morgan fingerprint density at radius 3 is 2.46 bits per heavy atom. The van der Waals surface area contributed by atoms with Crippen LogP contribution in [0.3, 0.4) is 0 Å². The number of aliphatic carboxylic acids is 1. The molecule has 0 aliphatic carbocycles. The topological polar surface area (TPSA) is 77.8 Å². The third-order valence-corrected chi connectivity index (χ3v) is 1.91. The molecule has 4 nitrogen and oxygen atoms in total. The van der Waals surface area contributed by atoms with Gasteiger partial charge in [0, 0.05) is 4.47 Å². The molecular weight excluding hydrogens is 240 g/mol. The molecule has 13 heavy (non-hydrogen) atoms. The van der Waals surface area contributed by atoms with Crippen LogP contribution in [0.1, 0.15) is 11.7 Å². The van der Waals surface area contributed by atoms with Gasteiger partial charge in [-0.15, -0.1) is 0 Å². The molecule has 1 atom stereocenters. The van der Waals surface area contributed by atoms with Crippen molar-refractivity contribution < 1.29 is 20.1 Å². The van der Waals surface area contributed by atoms with E-state index in [1.165, 1.54) is 18.2 Å². The summed E-state index contributed by atoms with van der Waals surface area (Å²) in [6, 6.07) is 4.03. The number of aliphatic hydroxyl groups is 1. The van der Waals surface area contributed by atoms with E-state index in [-0.39, 0.29) is 11.3 Å². The summed E-state index contributed by atoms with van der Waals surface area (Å²) >= 11 is 3.07. The predicted molar refractivity (Wildman–Crippen MR) is 48.4 cm³/mol. The largest absolute Gasteiger partial charge is 0.508 e. The third-order valence-electron chi connectivity index (χ3n) is 1.45. The fraction of sp³-hybridized carbons (Fsp3) is 0.125. The molecule has 0 spiro atoms. The summed E-state index contributed by atoms with van der Waals surface area (Å²) in [5.41, 5.74) is 0.138. The molecule has 1 aromatic carbocycles. The normalized spacial score (nSPS) is 12.5. The molecule has 0 amide bonds. The lowest BCUT2D eigenvalue weighted by Crippen LogP contribution is -2.10. The van der Waals surface area contributed by atoms with Crippen molar-refractivity contribution in [3.63, 3.8) is 0 Å². The minimum absolute atomic E-state index is 0.0929. The van der Waals surface area contributed by atoms with Gasteiger partial charge in [-0.1, -0.05) is 15.9 Å². The summed E-state index contributed by atoms with van der Waals surface area (Å²) in [6.45, 7) is 0. The molecule has 1 rings (SSSR count). The maximum absolute atomic E-state index is 10.4. The van der Waals surface area contributed by atoms with Gasteiger partial charge < -0.3 is 15.3 Å². The van der Waals surface area contributed by atoms with Gasteiger partial charge in [0.2, 0.25) is 0 Å². The number of carboxylic acid groups (broad SMARTS) is 1. The highest BCUT2D eigenvalue weighted by atomic mass is 79.9. The van der Waals surface area contributed by atoms with Crippen molar-refractivity contribution in [3.05, 3.63) is 28.2 Å². The van der Waals surface area contributed by atoms with Crippen LogP contribution in [-0.4, -0.2) is 21.3 Å². The molecule has 5 heteroatoms. The first-order valence-corrected chi connectivity index (χ1v) is 4.20. The zero-order valence-corrected chi connectivity index (χ0v) is 8.02. The van der Waals surface area contributed by atoms with E-state index in [1.807, 2.05) is 0 Å². The minimum Gasteiger partial charge on any atom is -0.508 e. The summed E-state index contributed by atoms with van der Waals surface area (Å²) in [4.78, 5) is 10.4. The maximum atomic E-state index is 10.4. The number of phenolic OH excluding ortho intramolecular Hbond substituents is 1. The average Bonchev–Trinajstić information content (AvgIpc) is 2.01. The van der Waals surface area contributed by atoms with Gasteiger partial charge in [-0.2, -0.15) is 0 Å². The number of aromatic hydroxyl groups is 1. The molecule has 0 saturated carbocycles. The van der Waals surface area contributed by atoms with Crippen LogP contribution in [0.4, 0.5) is 0 Å². The summed E-state index contributed by atoms with van der Waals surface area (Å²) in [7, 11) is 0. The maximum Gasteiger partial charge on any atom is 0.337 e. The van der Waals surface area contributed by atoms with Crippen molar-refractivity contribution in [2.24, 2.45) is 0 Å². The number of aliphatic hydroxyl groups excluding tert-OH is 1. The predicted octanol–water partition coefficient (Wildman–Crippen LogP) is 1.27. The second kappa shape index (κ2) is 3.76. The summed E-state index contributed by atoms with van der Waals surface area (Å²) in [5.74, 6) is -1.44. The number of hydrogen-bond acceptors (Lipinski definition) is 3. The van der Waals surface area contributed by atoms with Gasteiger partial charge in [-0.25, -0.2) is 4.79 Å². The van der Waals surface area contributed by atoms with E-state index in [9.17, 15) is 4.79 Å². The minimum atomic E-state index is -1.61. The summed E-state index contributed by atoms with van der Waals surface area (Å²) in [5, 5.41) is 26.7. The van der Waals surface area contributed by atoms with Crippen LogP contribution in [0.25, 0.3) is 0 Å². The summed E-state index contributed by atoms with van der Waals surface area (Å²) in [6.07, 6.45) is -1.61. The van der Waals surface area contributed by atoms with Crippen LogP contribution in [0.2, 0.25) is 0 Å². The van der Waals surface area contributed by atoms with Gasteiger partial charge in [0.05, 0.1) is 0 Å². The van der Waals surface area contributed by atoms with Gasteiger partial charge in [0.1, 0.15) is 5.75 Å². The molecular formula is C8H7BrO4. The van der Waals surface area contributed by atoms with Gasteiger partial charge in [-0.3, -0.25) is 0 Å². The Hall–Kier alpha value is -1.07. The zero-order valence-electron chi connectivity index (χ0n) is 6.44. The molecule has 0 saturated heterocycles. The first-order chi connectivity index (χ1) is 6.00. The van der Waals surface area contributed by atoms with Gasteiger partial charge in [-0.05, 0) is 23.8 Å². The molecule has 0 heterocycles. The number of halogens is 1. The van der Waals surface area contributed by atoms with Crippen LogP contribution >= 0.6 is 15.9 Å². The number of carboxylic acids is 1. The first kappa shape index (κ1) is 10.0. The SMILES string of the molecule is O=C(O)C(O)c1cc(O)cc(Br)c1. The molecule has 0 aliphatic rings. The Balaban J connectivity index is 3.07. The highest BCUT2D eigenvalue weighted by molar-refractivity contribution is 9.10. The van der Waals surface area contributed by atoms with Crippen molar-refractivity contribution in [2.75, 3.05) is 0 Å². The van der Waals surface area contributed by atoms with Crippen LogP contribution in [0.5, 0.6) is 5.75 Å². The standard InChI is InChI=1S/C8H7BrO4/c9-5-1-4(2-6(10)3-5)7(11)8(12)13/h1-3,7,10-11H,(H,12,13). The monoisotopic (exact) mass is 246 g/mol. The Bertz CT molecular complexity index is 317. The quantitative estimate of drug-likeness (QED) is 0.735. The summed E-state index contributed by atoms with van der Waals surface area (Å²) < 4.78 is 0.516. The molecule has 1 aromatic rings. The van der Waals surface area contributed by atoms with E-state index in [4.69, 9.17) is 15.3 Å². The number of hydrogen-bond donors (Lipinski definition) is 3. The lowest BCUT2D eigenvalue weighted by atomic mass is 10.1. The number of rotatable bonds is 2. The Morgan fingerprint density at radius 2 is 2.00 bits per heavy atom. The van der Waals surface area contributed by atoms with E-state index in [1.54, 1.807) is 0 Å².